The summed E-state index contributed by atoms with van der Waals surface area (Å²) in [5, 5.41) is 27.8. The Morgan fingerprint density at radius 3 is 2.81 bits per heavy atom. The van der Waals surface area contributed by atoms with Gasteiger partial charge in [0.2, 0.25) is 6.41 Å². The smallest absolute Gasteiger partial charge is 0.583 e. The van der Waals surface area contributed by atoms with Crippen LogP contribution in [0.25, 0.3) is 0 Å². The van der Waals surface area contributed by atoms with Crippen LogP contribution in [0, 0.1) is 15.3 Å². The van der Waals surface area contributed by atoms with Crippen LogP contribution in [-0.2, 0) is 4.79 Å². The zero-order valence-electron chi connectivity index (χ0n) is 8.78. The normalized spacial score (nSPS) is 12.1. The Morgan fingerprint density at radius 1 is 1.75 bits per heavy atom. The molecule has 0 aromatic carbocycles. The maximum Gasteiger partial charge on any atom is 0.583 e. The molecule has 1 aromatic rings. The van der Waals surface area contributed by atoms with Crippen LogP contribution in [0.4, 0.5) is 11.6 Å². The molecule has 0 saturated carbocycles. The van der Waals surface area contributed by atoms with E-state index < -0.39 is 10.7 Å². The number of amides is 1. The highest BCUT2D eigenvalue weighted by molar-refractivity contribution is 5.71. The number of carbonyl (C=O) groups excluding carboxylic acids is 1. The van der Waals surface area contributed by atoms with Crippen molar-refractivity contribution in [3.05, 3.63) is 15.3 Å². The number of nitrogens with one attached hydrogen (secondary N) is 1. The molecule has 0 aliphatic heterocycles. The molecule has 1 rings (SSSR count). The molecule has 9 nitrogen and oxygen atoms in total. The predicted octanol–water partition coefficient (Wildman–Crippen LogP) is -0.0360. The zero-order chi connectivity index (χ0) is 12.3. The molecule has 0 aliphatic carbocycles. The summed E-state index contributed by atoms with van der Waals surface area (Å²) < 4.78 is 0. The molecule has 16 heavy (non-hydrogen) atoms. The van der Waals surface area contributed by atoms with Gasteiger partial charge in [0, 0.05) is 4.85 Å². The Morgan fingerprint density at radius 2 is 2.38 bits per heavy atom. The molecule has 0 bridgehead atoms. The zero-order valence-corrected chi connectivity index (χ0v) is 8.78. The highest BCUT2D eigenvalue weighted by Gasteiger charge is 2.34. The summed E-state index contributed by atoms with van der Waals surface area (Å²) in [7, 11) is 0. The van der Waals surface area contributed by atoms with Crippen LogP contribution in [-0.4, -0.2) is 21.2 Å². The van der Waals surface area contributed by atoms with Crippen LogP contribution in [0.2, 0.25) is 0 Å². The molecule has 1 unspecified atom stereocenters. The van der Waals surface area contributed by atoms with Crippen molar-refractivity contribution in [3.8, 4) is 0 Å². The van der Waals surface area contributed by atoms with Crippen LogP contribution in [0.5, 0.6) is 0 Å². The maximum absolute atomic E-state index is 11.5. The second kappa shape index (κ2) is 4.55. The number of hydrogen-bond acceptors (Lipinski definition) is 5. The number of nitrogens with zero attached hydrogens (tertiary/aromatic N) is 4. The van der Waals surface area contributed by atoms with Gasteiger partial charge in [-0.3, -0.25) is 20.2 Å². The molecule has 1 aromatic heterocycles. The van der Waals surface area contributed by atoms with Gasteiger partial charge in [-0.15, -0.1) is 0 Å². The molecule has 9 heteroatoms. The van der Waals surface area contributed by atoms with Gasteiger partial charge in [0.15, 0.2) is 0 Å². The average molecular weight is 229 g/mol. The van der Waals surface area contributed by atoms with Crippen molar-refractivity contribution in [1.29, 1.82) is 0 Å². The van der Waals surface area contributed by atoms with Gasteiger partial charge in [-0.25, -0.2) is 0 Å². The summed E-state index contributed by atoms with van der Waals surface area (Å²) in [4.78, 5) is 20.9. The van der Waals surface area contributed by atoms with Crippen LogP contribution >= 0.6 is 0 Å². The van der Waals surface area contributed by atoms with Gasteiger partial charge in [0.1, 0.15) is 11.0 Å². The molecular formula is C7H11N5O4. The predicted molar refractivity (Wildman–Crippen MR) is 52.5 cm³/mol. The fourth-order valence-corrected chi connectivity index (χ4v) is 1.12. The number of anilines is 1. The molecular weight excluding hydrogens is 218 g/mol. The topological polar surface area (TPSA) is 117 Å². The highest BCUT2D eigenvalue weighted by Crippen LogP contribution is 2.18. The Balaban J connectivity index is 3.28. The molecule has 0 aliphatic rings. The molecule has 1 amide bonds. The lowest BCUT2D eigenvalue weighted by Crippen LogP contribution is -2.41. The number of nitro groups is 1. The first-order valence-corrected chi connectivity index (χ1v) is 4.59. The monoisotopic (exact) mass is 229 g/mol. The second-order valence-corrected chi connectivity index (χ2v) is 3.14. The van der Waals surface area contributed by atoms with E-state index in [0.717, 1.165) is 4.80 Å². The van der Waals surface area contributed by atoms with E-state index in [4.69, 9.17) is 0 Å². The summed E-state index contributed by atoms with van der Waals surface area (Å²) in [5.41, 5.74) is 0. The van der Waals surface area contributed by atoms with Crippen LogP contribution in [0.3, 0.4) is 0 Å². The highest BCUT2D eigenvalue weighted by atomic mass is 16.6. The van der Waals surface area contributed by atoms with E-state index in [1.165, 1.54) is 0 Å². The average Bonchev–Trinajstić information content (AvgIpc) is 2.55. The summed E-state index contributed by atoms with van der Waals surface area (Å²) in [5.74, 6) is -1.14. The maximum atomic E-state index is 11.5. The molecule has 0 saturated heterocycles. The number of carbonyl (C=O) groups is 1. The minimum absolute atomic E-state index is 0.0694. The van der Waals surface area contributed by atoms with Crippen molar-refractivity contribution in [1.82, 2.24) is 9.90 Å². The minimum atomic E-state index is -0.884. The summed E-state index contributed by atoms with van der Waals surface area (Å²) >= 11 is 0. The number of hydrogen-bond donors (Lipinski definition) is 1. The number of rotatable bonds is 5. The fraction of sp³-hybridized carbons (Fsp3) is 0.571. The van der Waals surface area contributed by atoms with E-state index in [2.05, 4.69) is 5.10 Å². The fourth-order valence-electron chi connectivity index (χ4n) is 1.12. The van der Waals surface area contributed by atoms with Crippen molar-refractivity contribution >= 4 is 18.0 Å². The summed E-state index contributed by atoms with van der Waals surface area (Å²) in [6.45, 7) is 3.50. The third kappa shape index (κ3) is 1.92. The van der Waals surface area contributed by atoms with E-state index >= 15 is 0 Å². The van der Waals surface area contributed by atoms with E-state index in [1.54, 1.807) is 6.92 Å². The Bertz CT molecular complexity index is 415. The first kappa shape index (κ1) is 11.9. The van der Waals surface area contributed by atoms with E-state index in [0.29, 0.717) is 6.42 Å². The summed E-state index contributed by atoms with van der Waals surface area (Å²) in [6, 6.07) is -0.293. The van der Waals surface area contributed by atoms with Crippen molar-refractivity contribution in [2.24, 2.45) is 0 Å². The van der Waals surface area contributed by atoms with E-state index in [1.807, 2.05) is 12.2 Å². The largest absolute Gasteiger partial charge is 0.590 e. The van der Waals surface area contributed by atoms with Crippen LogP contribution in [0.1, 0.15) is 26.3 Å². The van der Waals surface area contributed by atoms with Gasteiger partial charge in [-0.1, -0.05) is 12.0 Å². The quantitative estimate of drug-likeness (QED) is 0.250. The van der Waals surface area contributed by atoms with E-state index in [9.17, 15) is 20.1 Å². The minimum Gasteiger partial charge on any atom is -0.590 e. The standard InChI is InChI=1S/C7H11N5O4/c1-3-5(2)10-9-6(8-4-13)7(11(10)14)12(15)16/h4-5H,3H2,1-2H3,(H,8,9,13). The molecule has 1 atom stereocenters. The first-order valence-electron chi connectivity index (χ1n) is 4.59. The number of aromatic nitrogens is 3. The Hall–Kier alpha value is -2.19. The Kier molecular flexibility index (Phi) is 3.38. The van der Waals surface area contributed by atoms with Crippen molar-refractivity contribution in [2.45, 2.75) is 26.3 Å². The third-order valence-electron chi connectivity index (χ3n) is 2.14. The van der Waals surface area contributed by atoms with Crippen molar-refractivity contribution in [2.75, 3.05) is 5.32 Å². The van der Waals surface area contributed by atoms with Gasteiger partial charge in [-0.05, 0) is 18.1 Å². The first-order chi connectivity index (χ1) is 7.52. The molecule has 0 radical (unpaired) electrons. The molecule has 1 N–H and O–H groups in total. The van der Waals surface area contributed by atoms with Crippen molar-refractivity contribution in [3.63, 3.8) is 0 Å². The second-order valence-electron chi connectivity index (χ2n) is 3.14. The van der Waals surface area contributed by atoms with Gasteiger partial charge in [0.25, 0.3) is 0 Å². The Labute approximate surface area is 90.4 Å². The molecule has 0 spiro atoms. The summed E-state index contributed by atoms with van der Waals surface area (Å²) in [6.07, 6.45) is 0.817. The van der Waals surface area contributed by atoms with Crippen LogP contribution in [0.15, 0.2) is 0 Å². The van der Waals surface area contributed by atoms with Gasteiger partial charge in [0.05, 0.1) is 0 Å². The molecule has 0 fully saturated rings. The SMILES string of the molecule is CCC(C)n1nc(NC=O)c([N+](=O)[O-])[n+]1[O-]. The van der Waals surface area contributed by atoms with Gasteiger partial charge >= 0.3 is 11.6 Å². The van der Waals surface area contributed by atoms with Crippen LogP contribution < -0.4 is 10.2 Å². The lowest BCUT2D eigenvalue weighted by atomic mass is 10.3. The lowest BCUT2D eigenvalue weighted by Gasteiger charge is -2.05. The lowest BCUT2D eigenvalue weighted by molar-refractivity contribution is -0.738. The van der Waals surface area contributed by atoms with Gasteiger partial charge in [-0.2, -0.15) is 0 Å². The van der Waals surface area contributed by atoms with E-state index in [-0.39, 0.29) is 23.1 Å². The molecule has 88 valence electrons. The third-order valence-corrected chi connectivity index (χ3v) is 2.14. The molecule has 1 heterocycles. The van der Waals surface area contributed by atoms with Crippen molar-refractivity contribution < 1.29 is 14.6 Å². The van der Waals surface area contributed by atoms with Gasteiger partial charge < -0.3 is 5.21 Å².